The quantitative estimate of drug-likeness (QED) is 0.161. The maximum atomic E-state index is 5.94. The molecule has 10 bridgehead atoms. The lowest BCUT2D eigenvalue weighted by Crippen LogP contribution is -1.99. The molecule has 5 aromatic rings. The molecule has 5 aromatic carbocycles. The molecular weight excluding hydrogens is 965 g/mol. The van der Waals surface area contributed by atoms with Crippen molar-refractivity contribution in [3.63, 3.8) is 0 Å². The van der Waals surface area contributed by atoms with Crippen molar-refractivity contribution in [2.75, 3.05) is 34.2 Å². The molecule has 0 unspecified atom stereocenters. The van der Waals surface area contributed by atoms with E-state index in [4.69, 9.17) is 18.9 Å². The summed E-state index contributed by atoms with van der Waals surface area (Å²) >= 11 is 1.99. The summed E-state index contributed by atoms with van der Waals surface area (Å²) in [5.74, 6) is 13.3. The molecule has 0 spiro atoms. The average Bonchev–Trinajstić information content (AvgIpc) is 3.28. The van der Waals surface area contributed by atoms with Gasteiger partial charge in [0.2, 0.25) is 0 Å². The molecule has 6 aliphatic heterocycles. The number of hydrogen-bond acceptors (Lipinski definition) is 13. The Labute approximate surface area is 419 Å². The van der Waals surface area contributed by atoms with E-state index in [1.165, 1.54) is 89.0 Å². The van der Waals surface area contributed by atoms with Gasteiger partial charge < -0.3 is 18.9 Å². The van der Waals surface area contributed by atoms with Gasteiger partial charge in [-0.3, -0.25) is 0 Å². The fraction of sp³-hybridized carbons (Fsp3) is 0.412. The maximum absolute atomic E-state index is 5.94. The normalized spacial score (nSPS) is 15.3. The van der Waals surface area contributed by atoms with Gasteiger partial charge in [-0.2, -0.15) is 11.8 Å². The Kier molecular flexibility index (Phi) is 21.3. The molecule has 0 aromatic heterocycles. The van der Waals surface area contributed by atoms with E-state index in [0.29, 0.717) is 0 Å². The summed E-state index contributed by atoms with van der Waals surface area (Å²) in [6.07, 6.45) is 1.06. The van der Waals surface area contributed by atoms with Crippen molar-refractivity contribution in [3.8, 4) is 23.0 Å². The molecule has 0 saturated heterocycles. The minimum Gasteiger partial charge on any atom is -0.496 e. The Morgan fingerprint density at radius 1 is 0.281 bits per heavy atom. The second-order valence-corrected chi connectivity index (χ2v) is 26.9. The highest BCUT2D eigenvalue weighted by molar-refractivity contribution is 8.77. The fourth-order valence-corrected chi connectivity index (χ4v) is 17.5. The van der Waals surface area contributed by atoms with E-state index >= 15 is 0 Å². The predicted octanol–water partition coefficient (Wildman–Crippen LogP) is 16.7. The molecule has 0 radical (unpaired) electrons. The second-order valence-electron chi connectivity index (χ2n) is 16.0. The van der Waals surface area contributed by atoms with Gasteiger partial charge in [-0.15, -0.1) is 0 Å². The van der Waals surface area contributed by atoms with Crippen molar-refractivity contribution in [3.05, 3.63) is 150 Å². The zero-order chi connectivity index (χ0) is 45.6. The first kappa shape index (κ1) is 51.8. The zero-order valence-electron chi connectivity index (χ0n) is 38.9. The molecule has 64 heavy (non-hydrogen) atoms. The first-order valence-electron chi connectivity index (χ1n) is 21.3. The van der Waals surface area contributed by atoms with Crippen LogP contribution in [-0.2, 0) is 58.2 Å². The molecule has 0 N–H and O–H groups in total. The molecule has 6 heterocycles. The average molecular weight is 1030 g/mol. The van der Waals surface area contributed by atoms with Gasteiger partial charge in [0.1, 0.15) is 23.0 Å². The highest BCUT2D eigenvalue weighted by atomic mass is 33.1. The first-order valence-corrected chi connectivity index (χ1v) is 32.4. The molecule has 344 valence electrons. The molecule has 4 nitrogen and oxygen atoms in total. The lowest BCUT2D eigenvalue weighted by molar-refractivity contribution is 0.411. The third-order valence-corrected chi connectivity index (χ3v) is 21.5. The number of hydrogen-bond donors (Lipinski definition) is 0. The summed E-state index contributed by atoms with van der Waals surface area (Å²) in [6, 6.07) is 23.1. The number of ether oxygens (including phenoxy) is 4. The van der Waals surface area contributed by atoms with E-state index in [-0.39, 0.29) is 0 Å². The van der Waals surface area contributed by atoms with Crippen molar-refractivity contribution in [2.24, 2.45) is 0 Å². The van der Waals surface area contributed by atoms with Gasteiger partial charge in [0.25, 0.3) is 0 Å². The van der Waals surface area contributed by atoms with E-state index in [1.54, 1.807) is 28.4 Å². The van der Waals surface area contributed by atoms with E-state index in [1.807, 2.05) is 98.1 Å². The van der Waals surface area contributed by atoms with Crippen LogP contribution in [0.15, 0.2) is 60.7 Å². The topological polar surface area (TPSA) is 36.9 Å². The highest BCUT2D eigenvalue weighted by Gasteiger charge is 2.16. The van der Waals surface area contributed by atoms with Crippen LogP contribution in [0.5, 0.6) is 23.0 Å². The summed E-state index contributed by atoms with van der Waals surface area (Å²) in [6.45, 7) is 13.5. The van der Waals surface area contributed by atoms with Crippen LogP contribution in [0.4, 0.5) is 0 Å². The Morgan fingerprint density at radius 2 is 0.500 bits per heavy atom. The van der Waals surface area contributed by atoms with Gasteiger partial charge in [-0.1, -0.05) is 123 Å². The van der Waals surface area contributed by atoms with Crippen molar-refractivity contribution in [2.45, 2.75) is 99.7 Å². The van der Waals surface area contributed by atoms with Gasteiger partial charge in [0.05, 0.1) is 28.4 Å². The Hall–Kier alpha value is -1.55. The fourth-order valence-electron chi connectivity index (χ4n) is 7.56. The minimum atomic E-state index is 0.886. The molecule has 13 heteroatoms. The molecule has 11 rings (SSSR count). The Morgan fingerprint density at radius 3 is 0.797 bits per heavy atom. The predicted molar refractivity (Wildman–Crippen MR) is 297 cm³/mol. The number of aryl methyl sites for hydroxylation is 7. The van der Waals surface area contributed by atoms with Crippen molar-refractivity contribution < 1.29 is 18.9 Å². The smallest absolute Gasteiger partial charge is 0.123 e. The van der Waals surface area contributed by atoms with Crippen LogP contribution in [-0.4, -0.2) is 34.2 Å². The summed E-state index contributed by atoms with van der Waals surface area (Å²) in [4.78, 5) is 0. The lowest BCUT2D eigenvalue weighted by atomic mass is 9.99. The van der Waals surface area contributed by atoms with Crippen LogP contribution in [0.25, 0.3) is 0 Å². The van der Waals surface area contributed by atoms with E-state index in [9.17, 15) is 0 Å². The van der Waals surface area contributed by atoms with Gasteiger partial charge >= 0.3 is 0 Å². The number of methoxy groups -OCH3 is 4. The van der Waals surface area contributed by atoms with Crippen LogP contribution in [0.3, 0.4) is 0 Å². The van der Waals surface area contributed by atoms with Crippen LogP contribution in [0.2, 0.25) is 0 Å². The standard InChI is InChI=1S/C51H62O4S9/c1-32-14-39-24-57-62-29-45-18-37(6)43(22-51(45)55-10)28-61-64-31-47-17-36(5)42(21-50(47)54-9)26-59-58-25-41-20-49(53-8)46(16-35(41)4)30-63-60-27-40-19-48(52-7)44(15-34(40)3)23-56-12-11-38(32)13-33(39)2/h13-22H,11-12,23-31H2,1-10H3. The number of rotatable bonds is 4. The van der Waals surface area contributed by atoms with Gasteiger partial charge in [0, 0.05) is 74.0 Å². The van der Waals surface area contributed by atoms with Gasteiger partial charge in [-0.05, 0) is 145 Å². The molecule has 0 aliphatic carbocycles. The molecule has 0 fully saturated rings. The van der Waals surface area contributed by atoms with Crippen molar-refractivity contribution >= 4 is 98.1 Å². The third-order valence-electron chi connectivity index (χ3n) is 11.6. The SMILES string of the molecule is COc1cc2c(C)cc1CSCCc1cc(C)c(cc1C)CSSCc1cc(C)c(cc1OC)CSSCc1cc(C)c(cc1OC)CSSCc1cc(OC)c(cc1C)CSSC2. The third kappa shape index (κ3) is 14.5. The lowest BCUT2D eigenvalue weighted by Gasteiger charge is -2.16. The summed E-state index contributed by atoms with van der Waals surface area (Å²) < 4.78 is 23.7. The highest BCUT2D eigenvalue weighted by Crippen LogP contribution is 2.41. The molecule has 0 atom stereocenters. The van der Waals surface area contributed by atoms with E-state index in [2.05, 4.69) is 102 Å². The van der Waals surface area contributed by atoms with Gasteiger partial charge in [-0.25, -0.2) is 0 Å². The maximum Gasteiger partial charge on any atom is 0.123 e. The van der Waals surface area contributed by atoms with Crippen molar-refractivity contribution in [1.82, 2.24) is 0 Å². The van der Waals surface area contributed by atoms with Crippen LogP contribution in [0.1, 0.15) is 89.0 Å². The van der Waals surface area contributed by atoms with Crippen LogP contribution in [0, 0.1) is 41.5 Å². The monoisotopic (exact) mass is 1030 g/mol. The molecule has 0 amide bonds. The Bertz CT molecular complexity index is 2190. The number of benzene rings is 5. The number of thioether (sulfide) groups is 1. The van der Waals surface area contributed by atoms with Crippen LogP contribution >= 0.6 is 98.1 Å². The van der Waals surface area contributed by atoms with Gasteiger partial charge in [0.15, 0.2) is 0 Å². The summed E-state index contributed by atoms with van der Waals surface area (Å²) in [5, 5.41) is 0. The van der Waals surface area contributed by atoms with E-state index in [0.717, 1.165) is 86.9 Å². The summed E-state index contributed by atoms with van der Waals surface area (Å²) in [5.41, 5.74) is 21.2. The van der Waals surface area contributed by atoms with E-state index < -0.39 is 0 Å². The molecular formula is C51H62O4S9. The second kappa shape index (κ2) is 26.3. The zero-order valence-corrected chi connectivity index (χ0v) is 46.2. The van der Waals surface area contributed by atoms with Crippen molar-refractivity contribution in [1.29, 1.82) is 0 Å². The Balaban J connectivity index is 1.16. The largest absolute Gasteiger partial charge is 0.496 e. The molecule has 0 saturated carbocycles. The number of fused-ring (bicyclic) bond motifs is 4. The summed E-state index contributed by atoms with van der Waals surface area (Å²) in [7, 11) is 22.4. The van der Waals surface area contributed by atoms with Crippen LogP contribution < -0.4 is 18.9 Å². The first-order chi connectivity index (χ1) is 31.0. The minimum absolute atomic E-state index is 0.886. The molecule has 6 aliphatic rings.